The lowest BCUT2D eigenvalue weighted by Gasteiger charge is -2.06. The number of anilines is 1. The number of rotatable bonds is 5. The molecule has 136 valence electrons. The smallest absolute Gasteiger partial charge is 0.302 e. The number of amides is 1. The van der Waals surface area contributed by atoms with E-state index in [1.807, 2.05) is 0 Å². The molecule has 0 aliphatic carbocycles. The summed E-state index contributed by atoms with van der Waals surface area (Å²) in [5.74, 6) is -0.775. The highest BCUT2D eigenvalue weighted by atomic mass is 35.5. The fraction of sp³-hybridized carbons (Fsp3) is 0.133. The van der Waals surface area contributed by atoms with Crippen molar-refractivity contribution >= 4 is 46.5 Å². The van der Waals surface area contributed by atoms with E-state index in [1.165, 1.54) is 16.9 Å². The molecular formula is C15H10Cl3F2N5O. The predicted molar refractivity (Wildman–Crippen MR) is 94.2 cm³/mol. The van der Waals surface area contributed by atoms with E-state index >= 15 is 0 Å². The number of carbonyl (C=O) groups is 1. The Bertz CT molecular complexity index is 957. The Morgan fingerprint density at radius 1 is 1.19 bits per heavy atom. The van der Waals surface area contributed by atoms with E-state index in [1.54, 1.807) is 18.2 Å². The molecule has 0 radical (unpaired) electrons. The number of halogens is 5. The molecule has 0 aliphatic rings. The maximum absolute atomic E-state index is 12.8. The molecule has 0 fully saturated rings. The Labute approximate surface area is 161 Å². The molecule has 0 spiro atoms. The van der Waals surface area contributed by atoms with Crippen LogP contribution in [0.2, 0.25) is 15.1 Å². The molecule has 2 heterocycles. The summed E-state index contributed by atoms with van der Waals surface area (Å²) < 4.78 is 27.4. The molecule has 0 saturated carbocycles. The highest BCUT2D eigenvalue weighted by Gasteiger charge is 2.20. The Morgan fingerprint density at radius 3 is 2.65 bits per heavy atom. The molecule has 1 aromatic carbocycles. The number of aromatic nitrogens is 4. The van der Waals surface area contributed by atoms with Gasteiger partial charge in [0.05, 0.1) is 6.54 Å². The number of benzene rings is 1. The fourth-order valence-corrected chi connectivity index (χ4v) is 2.87. The number of nitrogens with zero attached hydrogens (tertiary/aromatic N) is 4. The minimum Gasteiger partial charge on any atom is -0.302 e. The topological polar surface area (TPSA) is 64.7 Å². The zero-order valence-corrected chi connectivity index (χ0v) is 15.1. The van der Waals surface area contributed by atoms with Crippen LogP contribution in [-0.2, 0) is 6.54 Å². The summed E-state index contributed by atoms with van der Waals surface area (Å²) in [6, 6.07) is 6.18. The van der Waals surface area contributed by atoms with Crippen molar-refractivity contribution in [2.45, 2.75) is 13.1 Å². The minimum absolute atomic E-state index is 0.0313. The summed E-state index contributed by atoms with van der Waals surface area (Å²) in [7, 11) is 0. The highest BCUT2D eigenvalue weighted by Crippen LogP contribution is 2.25. The number of nitrogens with one attached hydrogen (secondary N) is 1. The first-order valence-electron chi connectivity index (χ1n) is 7.15. The number of hydrogen-bond acceptors (Lipinski definition) is 3. The molecule has 3 rings (SSSR count). The Morgan fingerprint density at radius 2 is 1.96 bits per heavy atom. The van der Waals surface area contributed by atoms with Crippen molar-refractivity contribution in [2.24, 2.45) is 0 Å². The SMILES string of the molecule is O=C(Nc1nn(Cc2ccc(Cl)cc2Cl)cc1Cl)c1ccnn1C(F)F. The van der Waals surface area contributed by atoms with Crippen molar-refractivity contribution < 1.29 is 13.6 Å². The van der Waals surface area contributed by atoms with E-state index in [0.29, 0.717) is 14.7 Å². The first kappa shape index (κ1) is 18.6. The molecule has 11 heteroatoms. The molecule has 2 aromatic heterocycles. The largest absolute Gasteiger partial charge is 0.333 e. The third-order valence-electron chi connectivity index (χ3n) is 3.38. The molecule has 0 unspecified atom stereocenters. The van der Waals surface area contributed by atoms with Gasteiger partial charge in [0.25, 0.3) is 5.91 Å². The summed E-state index contributed by atoms with van der Waals surface area (Å²) in [6.45, 7) is -2.66. The molecule has 26 heavy (non-hydrogen) atoms. The molecule has 0 atom stereocenters. The predicted octanol–water partition coefficient (Wildman–Crippen LogP) is 4.74. The molecule has 0 aliphatic heterocycles. The third-order valence-corrected chi connectivity index (χ3v) is 4.25. The van der Waals surface area contributed by atoms with Gasteiger partial charge in [-0.1, -0.05) is 40.9 Å². The lowest BCUT2D eigenvalue weighted by Crippen LogP contribution is -2.19. The van der Waals surface area contributed by atoms with Crippen LogP contribution in [0.5, 0.6) is 0 Å². The van der Waals surface area contributed by atoms with Gasteiger partial charge in [0.15, 0.2) is 5.82 Å². The molecule has 0 saturated heterocycles. The van der Waals surface area contributed by atoms with Crippen LogP contribution >= 0.6 is 34.8 Å². The average molecular weight is 421 g/mol. The quantitative estimate of drug-likeness (QED) is 0.649. The van der Waals surface area contributed by atoms with Crippen molar-refractivity contribution in [3.05, 3.63) is 63.0 Å². The second-order valence-corrected chi connectivity index (χ2v) is 6.40. The normalized spacial score (nSPS) is 11.2. The van der Waals surface area contributed by atoms with Crippen LogP contribution in [0.3, 0.4) is 0 Å². The van der Waals surface area contributed by atoms with Gasteiger partial charge >= 0.3 is 6.55 Å². The van der Waals surface area contributed by atoms with E-state index in [0.717, 1.165) is 11.8 Å². The fourth-order valence-electron chi connectivity index (χ4n) is 2.21. The van der Waals surface area contributed by atoms with Gasteiger partial charge in [0.2, 0.25) is 0 Å². The van der Waals surface area contributed by atoms with E-state index in [-0.39, 0.29) is 23.1 Å². The second kappa shape index (κ2) is 7.61. The van der Waals surface area contributed by atoms with Gasteiger partial charge in [-0.05, 0) is 23.8 Å². The van der Waals surface area contributed by atoms with E-state index in [9.17, 15) is 13.6 Å². The number of alkyl halides is 2. The monoisotopic (exact) mass is 419 g/mol. The zero-order chi connectivity index (χ0) is 18.8. The van der Waals surface area contributed by atoms with Crippen molar-refractivity contribution in [3.8, 4) is 0 Å². The van der Waals surface area contributed by atoms with Crippen molar-refractivity contribution in [2.75, 3.05) is 5.32 Å². The van der Waals surface area contributed by atoms with Crippen molar-refractivity contribution in [1.29, 1.82) is 0 Å². The lowest BCUT2D eigenvalue weighted by molar-refractivity contribution is 0.0520. The van der Waals surface area contributed by atoms with Gasteiger partial charge < -0.3 is 5.32 Å². The summed E-state index contributed by atoms with van der Waals surface area (Å²) in [4.78, 5) is 12.2. The van der Waals surface area contributed by atoms with Crippen LogP contribution in [0.1, 0.15) is 22.6 Å². The van der Waals surface area contributed by atoms with Gasteiger partial charge in [-0.15, -0.1) is 0 Å². The van der Waals surface area contributed by atoms with E-state index in [2.05, 4.69) is 15.5 Å². The van der Waals surface area contributed by atoms with Crippen LogP contribution in [0.4, 0.5) is 14.6 Å². The van der Waals surface area contributed by atoms with Gasteiger partial charge in [-0.25, -0.2) is 0 Å². The average Bonchev–Trinajstić information content (AvgIpc) is 3.18. The van der Waals surface area contributed by atoms with E-state index < -0.39 is 12.5 Å². The Hall–Kier alpha value is -2.16. The second-order valence-electron chi connectivity index (χ2n) is 5.15. The molecule has 0 bridgehead atoms. The summed E-state index contributed by atoms with van der Waals surface area (Å²) in [5, 5.41) is 11.0. The van der Waals surface area contributed by atoms with Gasteiger partial charge in [0, 0.05) is 22.4 Å². The standard InChI is InChI=1S/C15H10Cl3F2N5O/c16-9-2-1-8(10(17)5-9)6-24-7-11(18)13(23-24)22-14(26)12-3-4-21-25(12)15(19)20/h1-5,7,15H,6H2,(H,22,23,26). The van der Waals surface area contributed by atoms with Gasteiger partial charge in [-0.2, -0.15) is 23.7 Å². The Balaban J connectivity index is 1.78. The van der Waals surface area contributed by atoms with Gasteiger partial charge in [-0.3, -0.25) is 9.48 Å². The van der Waals surface area contributed by atoms with Crippen LogP contribution < -0.4 is 5.32 Å². The molecular weight excluding hydrogens is 411 g/mol. The summed E-state index contributed by atoms with van der Waals surface area (Å²) in [6.07, 6.45) is 2.58. The maximum atomic E-state index is 12.8. The maximum Gasteiger partial charge on any atom is 0.333 e. The molecule has 6 nitrogen and oxygen atoms in total. The Kier molecular flexibility index (Phi) is 5.45. The number of carbonyl (C=O) groups excluding carboxylic acids is 1. The molecule has 1 amide bonds. The van der Waals surface area contributed by atoms with Crippen molar-refractivity contribution in [3.63, 3.8) is 0 Å². The lowest BCUT2D eigenvalue weighted by atomic mass is 10.2. The van der Waals surface area contributed by atoms with Crippen LogP contribution in [-0.4, -0.2) is 25.5 Å². The third kappa shape index (κ3) is 3.98. The zero-order valence-electron chi connectivity index (χ0n) is 12.8. The highest BCUT2D eigenvalue weighted by molar-refractivity contribution is 6.35. The van der Waals surface area contributed by atoms with E-state index in [4.69, 9.17) is 34.8 Å². The summed E-state index contributed by atoms with van der Waals surface area (Å²) in [5.41, 5.74) is 0.426. The summed E-state index contributed by atoms with van der Waals surface area (Å²) >= 11 is 18.0. The first-order chi connectivity index (χ1) is 12.3. The van der Waals surface area contributed by atoms with Crippen LogP contribution in [0.25, 0.3) is 0 Å². The van der Waals surface area contributed by atoms with Crippen LogP contribution in [0.15, 0.2) is 36.7 Å². The first-order valence-corrected chi connectivity index (χ1v) is 8.28. The van der Waals surface area contributed by atoms with Crippen molar-refractivity contribution in [1.82, 2.24) is 19.6 Å². The van der Waals surface area contributed by atoms with Crippen LogP contribution in [0, 0.1) is 0 Å². The van der Waals surface area contributed by atoms with Gasteiger partial charge in [0.1, 0.15) is 10.7 Å². The molecule has 1 N–H and O–H groups in total. The number of hydrogen-bond donors (Lipinski definition) is 1. The molecule has 3 aromatic rings. The minimum atomic E-state index is -2.94.